The zero-order valence-corrected chi connectivity index (χ0v) is 14.7. The van der Waals surface area contributed by atoms with Crippen molar-refractivity contribution in [1.29, 1.82) is 0 Å². The van der Waals surface area contributed by atoms with Crippen LogP contribution in [0.15, 0.2) is 30.7 Å². The van der Waals surface area contributed by atoms with Crippen molar-refractivity contribution in [3.63, 3.8) is 0 Å². The molecule has 1 fully saturated rings. The van der Waals surface area contributed by atoms with Gasteiger partial charge in [0.2, 0.25) is 0 Å². The fraction of sp³-hybridized carbons (Fsp3) is 0.556. The molecule has 6 nitrogen and oxygen atoms in total. The van der Waals surface area contributed by atoms with E-state index in [-0.39, 0.29) is 0 Å². The van der Waals surface area contributed by atoms with E-state index in [0.717, 1.165) is 45.4 Å². The fourth-order valence-corrected chi connectivity index (χ4v) is 3.46. The molecule has 3 heterocycles. The molecule has 0 radical (unpaired) electrons. The smallest absolute Gasteiger partial charge is 0.125 e. The van der Waals surface area contributed by atoms with Crippen molar-refractivity contribution >= 4 is 11.5 Å². The summed E-state index contributed by atoms with van der Waals surface area (Å²) in [4.78, 5) is 13.4. The van der Waals surface area contributed by atoms with E-state index in [0.29, 0.717) is 11.7 Å². The molecule has 2 N–H and O–H groups in total. The van der Waals surface area contributed by atoms with Crippen LogP contribution in [0.1, 0.15) is 31.0 Å². The van der Waals surface area contributed by atoms with Crippen LogP contribution in [0.5, 0.6) is 0 Å². The Morgan fingerprint density at radius 3 is 2.71 bits per heavy atom. The van der Waals surface area contributed by atoms with Gasteiger partial charge in [-0.15, -0.1) is 0 Å². The molecule has 1 aliphatic heterocycles. The number of nitrogens with two attached hydrogens (primary N) is 1. The summed E-state index contributed by atoms with van der Waals surface area (Å²) in [6.07, 6.45) is 9.28. The number of imidazole rings is 1. The molecule has 1 saturated heterocycles. The highest BCUT2D eigenvalue weighted by Gasteiger charge is 2.24. The minimum atomic E-state index is 0.551. The van der Waals surface area contributed by atoms with Gasteiger partial charge in [-0.1, -0.05) is 0 Å². The number of hydrogen-bond donors (Lipinski definition) is 1. The molecule has 24 heavy (non-hydrogen) atoms. The monoisotopic (exact) mass is 328 g/mol. The van der Waals surface area contributed by atoms with Gasteiger partial charge in [0, 0.05) is 55.9 Å². The Morgan fingerprint density at radius 1 is 1.21 bits per heavy atom. The number of pyridine rings is 1. The second kappa shape index (κ2) is 7.66. The Bertz CT molecular complexity index is 642. The zero-order valence-electron chi connectivity index (χ0n) is 14.7. The van der Waals surface area contributed by atoms with Gasteiger partial charge in [0.05, 0.1) is 0 Å². The van der Waals surface area contributed by atoms with Gasteiger partial charge >= 0.3 is 0 Å². The number of aryl methyl sites for hydroxylation is 1. The van der Waals surface area contributed by atoms with Crippen LogP contribution < -0.4 is 10.6 Å². The van der Waals surface area contributed by atoms with Crippen molar-refractivity contribution in [2.24, 2.45) is 0 Å². The minimum absolute atomic E-state index is 0.551. The molecule has 3 rings (SSSR count). The summed E-state index contributed by atoms with van der Waals surface area (Å²) in [5, 5.41) is 0. The molecule has 0 aromatic carbocycles. The molecule has 0 spiro atoms. The quantitative estimate of drug-likeness (QED) is 0.881. The third-order valence-electron chi connectivity index (χ3n) is 4.74. The van der Waals surface area contributed by atoms with Crippen LogP contribution in [0, 0.1) is 0 Å². The van der Waals surface area contributed by atoms with Crippen molar-refractivity contribution < 1.29 is 0 Å². The van der Waals surface area contributed by atoms with E-state index in [2.05, 4.69) is 44.6 Å². The van der Waals surface area contributed by atoms with Crippen LogP contribution in [-0.4, -0.2) is 53.2 Å². The summed E-state index contributed by atoms with van der Waals surface area (Å²) < 4.78 is 2.34. The number of aromatic nitrogens is 3. The van der Waals surface area contributed by atoms with E-state index in [9.17, 15) is 0 Å². The normalized spacial score (nSPS) is 16.0. The summed E-state index contributed by atoms with van der Waals surface area (Å²) in [6, 6.07) is 4.00. The van der Waals surface area contributed by atoms with Crippen molar-refractivity contribution in [1.82, 2.24) is 19.4 Å². The molecule has 1 aliphatic rings. The average molecular weight is 328 g/mol. The third-order valence-corrected chi connectivity index (χ3v) is 4.74. The molecular formula is C18H28N6. The Labute approximate surface area is 144 Å². The molecule has 0 saturated carbocycles. The van der Waals surface area contributed by atoms with Crippen LogP contribution in [0.25, 0.3) is 0 Å². The summed E-state index contributed by atoms with van der Waals surface area (Å²) >= 11 is 0. The Hall–Kier alpha value is -2.08. The Kier molecular flexibility index (Phi) is 5.35. The zero-order chi connectivity index (χ0) is 16.9. The van der Waals surface area contributed by atoms with Crippen LogP contribution in [0.4, 0.5) is 11.5 Å². The predicted molar refractivity (Wildman–Crippen MR) is 98.2 cm³/mol. The highest BCUT2D eigenvalue weighted by molar-refractivity contribution is 5.52. The van der Waals surface area contributed by atoms with Gasteiger partial charge in [-0.2, -0.15) is 0 Å². The first-order valence-corrected chi connectivity index (χ1v) is 8.75. The number of hydrogen-bond acceptors (Lipinski definition) is 5. The first-order chi connectivity index (χ1) is 11.6. The molecule has 0 unspecified atom stereocenters. The van der Waals surface area contributed by atoms with Gasteiger partial charge in [-0.3, -0.25) is 0 Å². The first kappa shape index (κ1) is 16.8. The Balaban J connectivity index is 1.58. The van der Waals surface area contributed by atoms with Crippen molar-refractivity contribution in [2.45, 2.75) is 31.7 Å². The molecule has 0 amide bonds. The van der Waals surface area contributed by atoms with E-state index in [1.807, 2.05) is 18.3 Å². The number of anilines is 2. The van der Waals surface area contributed by atoms with E-state index in [1.54, 1.807) is 6.20 Å². The predicted octanol–water partition coefficient (Wildman–Crippen LogP) is 2.20. The molecule has 2 aromatic heterocycles. The first-order valence-electron chi connectivity index (χ1n) is 8.75. The molecule has 0 atom stereocenters. The summed E-state index contributed by atoms with van der Waals surface area (Å²) in [5.74, 6) is 2.39. The van der Waals surface area contributed by atoms with Gasteiger partial charge in [-0.25, -0.2) is 9.97 Å². The molecule has 2 aromatic rings. The van der Waals surface area contributed by atoms with Gasteiger partial charge in [0.25, 0.3) is 0 Å². The van der Waals surface area contributed by atoms with Crippen LogP contribution >= 0.6 is 0 Å². The maximum absolute atomic E-state index is 5.80. The maximum atomic E-state index is 5.80. The number of nitrogen functional groups attached to an aromatic ring is 1. The second-order valence-corrected chi connectivity index (χ2v) is 6.84. The SMILES string of the molecule is CN(C)CCCn1ccnc1C1CCN(c2ccnc(N)c2)CC1. The minimum Gasteiger partial charge on any atom is -0.384 e. The van der Waals surface area contributed by atoms with Gasteiger partial charge < -0.3 is 20.1 Å². The lowest BCUT2D eigenvalue weighted by molar-refractivity contribution is 0.380. The molecule has 130 valence electrons. The molecule has 6 heteroatoms. The van der Waals surface area contributed by atoms with Crippen molar-refractivity contribution in [3.05, 3.63) is 36.5 Å². The average Bonchev–Trinajstić information content (AvgIpc) is 3.03. The van der Waals surface area contributed by atoms with E-state index in [4.69, 9.17) is 5.73 Å². The summed E-state index contributed by atoms with van der Waals surface area (Å²) in [5.41, 5.74) is 6.98. The largest absolute Gasteiger partial charge is 0.384 e. The molecule has 0 bridgehead atoms. The van der Waals surface area contributed by atoms with Crippen LogP contribution in [-0.2, 0) is 6.54 Å². The Morgan fingerprint density at radius 2 is 2.00 bits per heavy atom. The number of rotatable bonds is 6. The van der Waals surface area contributed by atoms with E-state index in [1.165, 1.54) is 11.5 Å². The lowest BCUT2D eigenvalue weighted by Gasteiger charge is -2.33. The topological polar surface area (TPSA) is 63.2 Å². The fourth-order valence-electron chi connectivity index (χ4n) is 3.46. The standard InChI is InChI=1S/C18H28N6/c1-22(2)9-3-10-24-13-8-21-18(24)15-5-11-23(12-6-15)16-4-7-20-17(19)14-16/h4,7-8,13-15H,3,5-6,9-12H2,1-2H3,(H2,19,20). The number of nitrogens with zero attached hydrogens (tertiary/aromatic N) is 5. The third kappa shape index (κ3) is 4.06. The molecule has 0 aliphatic carbocycles. The highest BCUT2D eigenvalue weighted by Crippen LogP contribution is 2.30. The number of piperidine rings is 1. The van der Waals surface area contributed by atoms with Crippen LogP contribution in [0.2, 0.25) is 0 Å². The molecular weight excluding hydrogens is 300 g/mol. The second-order valence-electron chi connectivity index (χ2n) is 6.84. The lowest BCUT2D eigenvalue weighted by atomic mass is 9.95. The van der Waals surface area contributed by atoms with Crippen LogP contribution in [0.3, 0.4) is 0 Å². The van der Waals surface area contributed by atoms with E-state index >= 15 is 0 Å². The van der Waals surface area contributed by atoms with Gasteiger partial charge in [0.15, 0.2) is 0 Å². The van der Waals surface area contributed by atoms with Crippen molar-refractivity contribution in [3.8, 4) is 0 Å². The van der Waals surface area contributed by atoms with E-state index < -0.39 is 0 Å². The highest BCUT2D eigenvalue weighted by atomic mass is 15.1. The van der Waals surface area contributed by atoms with Gasteiger partial charge in [-0.05, 0) is 46.0 Å². The maximum Gasteiger partial charge on any atom is 0.125 e. The van der Waals surface area contributed by atoms with Gasteiger partial charge in [0.1, 0.15) is 11.6 Å². The summed E-state index contributed by atoms with van der Waals surface area (Å²) in [7, 11) is 4.24. The summed E-state index contributed by atoms with van der Waals surface area (Å²) in [6.45, 7) is 4.24. The van der Waals surface area contributed by atoms with Crippen molar-refractivity contribution in [2.75, 3.05) is 44.4 Å². The lowest BCUT2D eigenvalue weighted by Crippen LogP contribution is -2.33.